The van der Waals surface area contributed by atoms with Gasteiger partial charge in [-0.3, -0.25) is 0 Å². The quantitative estimate of drug-likeness (QED) is 0.889. The first-order chi connectivity index (χ1) is 10.3. The number of ether oxygens (including phenoxy) is 1. The van der Waals surface area contributed by atoms with Gasteiger partial charge in [0.05, 0.1) is 6.10 Å². The highest BCUT2D eigenvalue weighted by molar-refractivity contribution is 5.86. The van der Waals surface area contributed by atoms with E-state index in [9.17, 15) is 0 Å². The van der Waals surface area contributed by atoms with E-state index in [1.54, 1.807) is 0 Å². The van der Waals surface area contributed by atoms with Crippen LogP contribution in [-0.2, 0) is 4.74 Å². The molecule has 0 saturated carbocycles. The summed E-state index contributed by atoms with van der Waals surface area (Å²) in [6.07, 6.45) is 1.38. The highest BCUT2D eigenvalue weighted by Crippen LogP contribution is 2.37. The van der Waals surface area contributed by atoms with E-state index in [4.69, 9.17) is 4.74 Å². The van der Waals surface area contributed by atoms with E-state index < -0.39 is 0 Å². The summed E-state index contributed by atoms with van der Waals surface area (Å²) in [4.78, 5) is 0. The fraction of sp³-hybridized carbons (Fsp3) is 0.474. The topological polar surface area (TPSA) is 21.3 Å². The molecule has 3 rings (SSSR count). The lowest BCUT2D eigenvalue weighted by Gasteiger charge is -2.21. The Hall–Kier alpha value is -1.38. The van der Waals surface area contributed by atoms with Gasteiger partial charge in [-0.2, -0.15) is 0 Å². The largest absolute Gasteiger partial charge is 0.373 e. The van der Waals surface area contributed by atoms with Crippen LogP contribution in [0.4, 0.5) is 0 Å². The molecule has 2 aromatic carbocycles. The van der Waals surface area contributed by atoms with Crippen molar-refractivity contribution in [1.29, 1.82) is 0 Å². The van der Waals surface area contributed by atoms with Crippen LogP contribution < -0.4 is 5.32 Å². The molecule has 1 aliphatic heterocycles. The zero-order chi connectivity index (χ0) is 14.7. The molecule has 0 amide bonds. The van der Waals surface area contributed by atoms with Crippen LogP contribution in [0.2, 0.25) is 0 Å². The minimum absolute atomic E-state index is 0.232. The standard InChI is InChI=1S/C19H25NO/c1-14(2)12-20-13-16-10-11-21-19(16)18-9-5-7-15-6-3-4-8-17(15)18/h3-9,14,16,19-20H,10-13H2,1-2H3. The summed E-state index contributed by atoms with van der Waals surface area (Å²) in [5.41, 5.74) is 1.35. The molecule has 2 unspecified atom stereocenters. The van der Waals surface area contributed by atoms with Crippen LogP contribution in [0.3, 0.4) is 0 Å². The lowest BCUT2D eigenvalue weighted by molar-refractivity contribution is 0.0915. The summed E-state index contributed by atoms with van der Waals surface area (Å²) >= 11 is 0. The van der Waals surface area contributed by atoms with Crippen LogP contribution in [-0.4, -0.2) is 19.7 Å². The van der Waals surface area contributed by atoms with Crippen LogP contribution in [0.15, 0.2) is 42.5 Å². The van der Waals surface area contributed by atoms with Crippen LogP contribution >= 0.6 is 0 Å². The third kappa shape index (κ3) is 3.28. The summed E-state index contributed by atoms with van der Waals surface area (Å²) in [5, 5.41) is 6.23. The Bertz CT molecular complexity index is 588. The lowest BCUT2D eigenvalue weighted by Crippen LogP contribution is -2.28. The second-order valence-electron chi connectivity index (χ2n) is 6.46. The maximum atomic E-state index is 6.08. The molecule has 0 bridgehead atoms. The molecule has 1 aliphatic rings. The van der Waals surface area contributed by atoms with Gasteiger partial charge in [-0.25, -0.2) is 0 Å². The Kier molecular flexibility index (Phi) is 4.57. The van der Waals surface area contributed by atoms with Gasteiger partial charge in [0.15, 0.2) is 0 Å². The van der Waals surface area contributed by atoms with Gasteiger partial charge in [0.25, 0.3) is 0 Å². The highest BCUT2D eigenvalue weighted by atomic mass is 16.5. The number of rotatable bonds is 5. The van der Waals surface area contributed by atoms with Crippen molar-refractivity contribution in [2.24, 2.45) is 11.8 Å². The van der Waals surface area contributed by atoms with Crippen molar-refractivity contribution < 1.29 is 4.74 Å². The number of benzene rings is 2. The molecule has 1 N–H and O–H groups in total. The molecule has 0 spiro atoms. The summed E-state index contributed by atoms with van der Waals surface area (Å²) in [7, 11) is 0. The fourth-order valence-corrected chi connectivity index (χ4v) is 3.24. The summed E-state index contributed by atoms with van der Waals surface area (Å²) < 4.78 is 6.08. The van der Waals surface area contributed by atoms with Crippen LogP contribution in [0.5, 0.6) is 0 Å². The molecular formula is C19H25NO. The van der Waals surface area contributed by atoms with Crippen molar-refractivity contribution in [3.8, 4) is 0 Å². The second-order valence-corrected chi connectivity index (χ2v) is 6.46. The molecule has 1 fully saturated rings. The molecule has 21 heavy (non-hydrogen) atoms. The maximum absolute atomic E-state index is 6.08. The van der Waals surface area contributed by atoms with Gasteiger partial charge < -0.3 is 10.1 Å². The monoisotopic (exact) mass is 283 g/mol. The average Bonchev–Trinajstić information content (AvgIpc) is 2.94. The average molecular weight is 283 g/mol. The number of hydrogen-bond donors (Lipinski definition) is 1. The Balaban J connectivity index is 1.80. The lowest BCUT2D eigenvalue weighted by atomic mass is 9.91. The molecule has 2 nitrogen and oxygen atoms in total. The predicted molar refractivity (Wildman–Crippen MR) is 88.5 cm³/mol. The first-order valence-corrected chi connectivity index (χ1v) is 8.05. The highest BCUT2D eigenvalue weighted by Gasteiger charge is 2.30. The third-order valence-electron chi connectivity index (χ3n) is 4.30. The Labute approximate surface area is 127 Å². The first-order valence-electron chi connectivity index (χ1n) is 8.05. The van der Waals surface area contributed by atoms with E-state index in [-0.39, 0.29) is 6.10 Å². The summed E-state index contributed by atoms with van der Waals surface area (Å²) in [5.74, 6) is 1.28. The Morgan fingerprint density at radius 3 is 2.81 bits per heavy atom. The second kappa shape index (κ2) is 6.59. The van der Waals surface area contributed by atoms with Crippen molar-refractivity contribution in [3.63, 3.8) is 0 Å². The number of nitrogens with one attached hydrogen (secondary N) is 1. The number of hydrogen-bond acceptors (Lipinski definition) is 2. The molecule has 0 radical (unpaired) electrons. The fourth-order valence-electron chi connectivity index (χ4n) is 3.24. The zero-order valence-corrected chi connectivity index (χ0v) is 13.0. The van der Waals surface area contributed by atoms with Crippen molar-refractivity contribution in [3.05, 3.63) is 48.0 Å². The number of fused-ring (bicyclic) bond motifs is 1. The third-order valence-corrected chi connectivity index (χ3v) is 4.30. The molecule has 0 aliphatic carbocycles. The van der Waals surface area contributed by atoms with Gasteiger partial charge in [0, 0.05) is 19.1 Å². The molecule has 1 saturated heterocycles. The molecule has 2 aromatic rings. The van der Waals surface area contributed by atoms with Crippen LogP contribution in [0.1, 0.15) is 31.9 Å². The smallest absolute Gasteiger partial charge is 0.0872 e. The van der Waals surface area contributed by atoms with E-state index >= 15 is 0 Å². The van der Waals surface area contributed by atoms with Crippen LogP contribution in [0.25, 0.3) is 10.8 Å². The summed E-state index contributed by atoms with van der Waals surface area (Å²) in [6.45, 7) is 7.51. The normalized spacial score (nSPS) is 22.2. The molecule has 2 atom stereocenters. The van der Waals surface area contributed by atoms with Crippen molar-refractivity contribution in [1.82, 2.24) is 5.32 Å². The maximum Gasteiger partial charge on any atom is 0.0872 e. The van der Waals surface area contributed by atoms with Gasteiger partial charge >= 0.3 is 0 Å². The van der Waals surface area contributed by atoms with Crippen molar-refractivity contribution in [2.45, 2.75) is 26.4 Å². The zero-order valence-electron chi connectivity index (χ0n) is 13.0. The van der Waals surface area contributed by atoms with Crippen molar-refractivity contribution >= 4 is 10.8 Å². The van der Waals surface area contributed by atoms with E-state index in [2.05, 4.69) is 61.6 Å². The first kappa shape index (κ1) is 14.6. The Morgan fingerprint density at radius 2 is 1.95 bits per heavy atom. The van der Waals surface area contributed by atoms with E-state index in [1.165, 1.54) is 16.3 Å². The molecule has 0 aromatic heterocycles. The van der Waals surface area contributed by atoms with Crippen molar-refractivity contribution in [2.75, 3.05) is 19.7 Å². The van der Waals surface area contributed by atoms with Gasteiger partial charge in [-0.1, -0.05) is 56.3 Å². The van der Waals surface area contributed by atoms with Gasteiger partial charge in [-0.15, -0.1) is 0 Å². The van der Waals surface area contributed by atoms with Gasteiger partial charge in [0.2, 0.25) is 0 Å². The van der Waals surface area contributed by atoms with Gasteiger partial charge in [0.1, 0.15) is 0 Å². The van der Waals surface area contributed by atoms with E-state index in [0.29, 0.717) is 11.8 Å². The minimum Gasteiger partial charge on any atom is -0.373 e. The van der Waals surface area contributed by atoms with E-state index in [1.807, 2.05) is 0 Å². The minimum atomic E-state index is 0.232. The van der Waals surface area contributed by atoms with E-state index in [0.717, 1.165) is 26.1 Å². The molecule has 112 valence electrons. The predicted octanol–water partition coefficient (Wildman–Crippen LogP) is 4.16. The molecule has 1 heterocycles. The SMILES string of the molecule is CC(C)CNCC1CCOC1c1cccc2ccccc12. The Morgan fingerprint density at radius 1 is 1.14 bits per heavy atom. The molecular weight excluding hydrogens is 258 g/mol. The van der Waals surface area contributed by atoms with Crippen LogP contribution in [0, 0.1) is 11.8 Å². The van der Waals surface area contributed by atoms with Gasteiger partial charge in [-0.05, 0) is 35.2 Å². The summed E-state index contributed by atoms with van der Waals surface area (Å²) in [6, 6.07) is 15.2. The molecule has 2 heteroatoms.